The number of aromatic amines is 1. The highest BCUT2D eigenvalue weighted by Gasteiger charge is 2.48. The zero-order chi connectivity index (χ0) is 28.1. The fourth-order valence-electron chi connectivity index (χ4n) is 5.27. The summed E-state index contributed by atoms with van der Waals surface area (Å²) in [6, 6.07) is 19.3. The number of nitrogens with zero attached hydrogens (tertiary/aromatic N) is 1. The van der Waals surface area contributed by atoms with Crippen molar-refractivity contribution in [3.05, 3.63) is 94.7 Å². The Bertz CT molecular complexity index is 1620. The number of fused-ring (bicyclic) bond motifs is 1. The van der Waals surface area contributed by atoms with E-state index in [0.29, 0.717) is 22.7 Å². The van der Waals surface area contributed by atoms with Crippen molar-refractivity contribution in [2.45, 2.75) is 39.2 Å². The smallest absolute Gasteiger partial charge is 0.300 e. The van der Waals surface area contributed by atoms with Crippen LogP contribution in [0.4, 0.5) is 5.69 Å². The Kier molecular flexibility index (Phi) is 6.46. The first-order chi connectivity index (χ1) is 18.6. The number of para-hydroxylation sites is 1. The number of aromatic nitrogens is 1. The van der Waals surface area contributed by atoms with Crippen LogP contribution in [0.3, 0.4) is 0 Å². The van der Waals surface area contributed by atoms with E-state index in [9.17, 15) is 14.7 Å². The highest BCUT2D eigenvalue weighted by Crippen LogP contribution is 2.46. The number of amides is 1. The molecule has 1 unspecified atom stereocenters. The van der Waals surface area contributed by atoms with Crippen LogP contribution >= 0.6 is 0 Å². The normalized spacial score (nSPS) is 17.2. The van der Waals surface area contributed by atoms with Crippen molar-refractivity contribution in [1.82, 2.24) is 4.98 Å². The third-order valence-electron chi connectivity index (χ3n) is 7.33. The van der Waals surface area contributed by atoms with Gasteiger partial charge in [-0.1, -0.05) is 45.0 Å². The monoisotopic (exact) mass is 524 g/mol. The minimum atomic E-state index is -0.877. The van der Waals surface area contributed by atoms with E-state index in [4.69, 9.17) is 9.47 Å². The van der Waals surface area contributed by atoms with Gasteiger partial charge in [-0.15, -0.1) is 0 Å². The Morgan fingerprint density at radius 1 is 0.949 bits per heavy atom. The second-order valence-corrected chi connectivity index (χ2v) is 10.7. The van der Waals surface area contributed by atoms with Crippen LogP contribution in [-0.4, -0.2) is 36.0 Å². The number of nitrogens with one attached hydrogen (secondary N) is 1. The van der Waals surface area contributed by atoms with Gasteiger partial charge in [-0.3, -0.25) is 14.5 Å². The largest absolute Gasteiger partial charge is 0.507 e. The number of carbonyl (C=O) groups excluding carboxylic acids is 2. The predicted molar refractivity (Wildman–Crippen MR) is 153 cm³/mol. The van der Waals surface area contributed by atoms with E-state index in [0.717, 1.165) is 27.7 Å². The highest BCUT2D eigenvalue weighted by molar-refractivity contribution is 6.52. The summed E-state index contributed by atoms with van der Waals surface area (Å²) in [6.07, 6.45) is 0. The first-order valence-corrected chi connectivity index (χ1v) is 12.8. The number of anilines is 1. The molecule has 0 aliphatic carbocycles. The van der Waals surface area contributed by atoms with Crippen molar-refractivity contribution < 1.29 is 24.2 Å². The van der Waals surface area contributed by atoms with Gasteiger partial charge in [0.1, 0.15) is 17.3 Å². The van der Waals surface area contributed by atoms with Gasteiger partial charge in [-0.05, 0) is 60.4 Å². The van der Waals surface area contributed by atoms with Gasteiger partial charge in [-0.25, -0.2) is 0 Å². The Hall–Kier alpha value is -4.52. The van der Waals surface area contributed by atoms with E-state index >= 15 is 0 Å². The number of aryl methyl sites for hydroxylation is 1. The molecule has 7 nitrogen and oxygen atoms in total. The van der Waals surface area contributed by atoms with Crippen LogP contribution in [0.25, 0.3) is 16.7 Å². The molecule has 5 rings (SSSR count). The molecule has 1 atom stereocenters. The van der Waals surface area contributed by atoms with Crippen LogP contribution in [0.1, 0.15) is 49.2 Å². The van der Waals surface area contributed by atoms with Crippen molar-refractivity contribution in [3.63, 3.8) is 0 Å². The van der Waals surface area contributed by atoms with Crippen LogP contribution in [0.2, 0.25) is 0 Å². The summed E-state index contributed by atoms with van der Waals surface area (Å²) in [5, 5.41) is 12.7. The number of methoxy groups -OCH3 is 2. The quantitative estimate of drug-likeness (QED) is 0.179. The number of ether oxygens (including phenoxy) is 2. The van der Waals surface area contributed by atoms with Crippen molar-refractivity contribution >= 4 is 34.0 Å². The summed E-state index contributed by atoms with van der Waals surface area (Å²) < 4.78 is 10.9. The van der Waals surface area contributed by atoms with Crippen LogP contribution < -0.4 is 14.4 Å². The molecule has 39 heavy (non-hydrogen) atoms. The topological polar surface area (TPSA) is 91.9 Å². The number of rotatable bonds is 5. The minimum Gasteiger partial charge on any atom is -0.507 e. The van der Waals surface area contributed by atoms with Crippen molar-refractivity contribution in [3.8, 4) is 11.5 Å². The molecule has 200 valence electrons. The Labute approximate surface area is 227 Å². The molecule has 1 aliphatic rings. The summed E-state index contributed by atoms with van der Waals surface area (Å²) in [4.78, 5) is 32.3. The fraction of sp³-hybridized carbons (Fsp3) is 0.250. The summed E-state index contributed by atoms with van der Waals surface area (Å²) in [7, 11) is 3.08. The highest BCUT2D eigenvalue weighted by atomic mass is 16.5. The molecule has 7 heteroatoms. The van der Waals surface area contributed by atoms with Gasteiger partial charge in [0.25, 0.3) is 11.7 Å². The molecule has 0 spiro atoms. The second kappa shape index (κ2) is 9.66. The predicted octanol–water partition coefficient (Wildman–Crippen LogP) is 6.42. The number of carbonyl (C=O) groups is 2. The lowest BCUT2D eigenvalue weighted by Crippen LogP contribution is -2.29. The van der Waals surface area contributed by atoms with E-state index in [2.05, 4.69) is 25.8 Å². The summed E-state index contributed by atoms with van der Waals surface area (Å²) >= 11 is 0. The molecule has 0 saturated carbocycles. The van der Waals surface area contributed by atoms with E-state index in [1.807, 2.05) is 43.3 Å². The summed E-state index contributed by atoms with van der Waals surface area (Å²) in [6.45, 7) is 8.11. The molecule has 1 amide bonds. The second-order valence-electron chi connectivity index (χ2n) is 10.7. The van der Waals surface area contributed by atoms with E-state index < -0.39 is 17.7 Å². The van der Waals surface area contributed by atoms with Gasteiger partial charge in [0.2, 0.25) is 0 Å². The average Bonchev–Trinajstić information content (AvgIpc) is 3.39. The molecular weight excluding hydrogens is 492 g/mol. The average molecular weight is 525 g/mol. The molecule has 0 radical (unpaired) electrons. The number of hydrogen-bond acceptors (Lipinski definition) is 5. The zero-order valence-corrected chi connectivity index (χ0v) is 23.0. The lowest BCUT2D eigenvalue weighted by molar-refractivity contribution is -0.132. The van der Waals surface area contributed by atoms with E-state index in [-0.39, 0.29) is 16.7 Å². The van der Waals surface area contributed by atoms with Crippen molar-refractivity contribution in [1.29, 1.82) is 0 Å². The van der Waals surface area contributed by atoms with Crippen molar-refractivity contribution in [2.75, 3.05) is 19.1 Å². The molecule has 3 aromatic carbocycles. The number of benzene rings is 3. The van der Waals surface area contributed by atoms with Gasteiger partial charge in [-0.2, -0.15) is 0 Å². The molecule has 1 aromatic heterocycles. The van der Waals surface area contributed by atoms with Gasteiger partial charge in [0, 0.05) is 27.8 Å². The molecule has 4 aromatic rings. The van der Waals surface area contributed by atoms with E-state index in [1.54, 1.807) is 37.4 Å². The first kappa shape index (κ1) is 26.1. The standard InChI is InChI=1S/C32H32N2O5/c1-18-26(22-9-7-8-10-24(22)33-18)28-27(29(35)23-17-19(32(2,3)4)11-16-25(23)39-6)30(36)31(37)34(28)20-12-14-21(38-5)15-13-20/h7-17,28,33,35H,1-6H3/b29-27+. The maximum Gasteiger partial charge on any atom is 0.300 e. The molecule has 1 fully saturated rings. The van der Waals surface area contributed by atoms with Crippen LogP contribution in [0, 0.1) is 6.92 Å². The maximum absolute atomic E-state index is 13.8. The Balaban J connectivity index is 1.82. The minimum absolute atomic E-state index is 0.00744. The lowest BCUT2D eigenvalue weighted by Gasteiger charge is -2.26. The number of aliphatic hydroxyl groups excluding tert-OH is 1. The van der Waals surface area contributed by atoms with Gasteiger partial charge < -0.3 is 19.6 Å². The third-order valence-corrected chi connectivity index (χ3v) is 7.33. The summed E-state index contributed by atoms with van der Waals surface area (Å²) in [5.74, 6) is -0.727. The van der Waals surface area contributed by atoms with Crippen LogP contribution in [-0.2, 0) is 15.0 Å². The summed E-state index contributed by atoms with van der Waals surface area (Å²) in [5.41, 5.74) is 4.03. The number of hydrogen-bond donors (Lipinski definition) is 2. The lowest BCUT2D eigenvalue weighted by atomic mass is 9.85. The van der Waals surface area contributed by atoms with Gasteiger partial charge >= 0.3 is 0 Å². The zero-order valence-electron chi connectivity index (χ0n) is 23.0. The van der Waals surface area contributed by atoms with Crippen molar-refractivity contribution in [2.24, 2.45) is 0 Å². The number of Topliss-reactive ketones (excluding diaryl/α,β-unsaturated/α-hetero) is 1. The van der Waals surface area contributed by atoms with Crippen LogP contribution in [0.5, 0.6) is 11.5 Å². The Morgan fingerprint density at radius 2 is 1.64 bits per heavy atom. The van der Waals surface area contributed by atoms with Gasteiger partial charge in [0.15, 0.2) is 0 Å². The molecule has 2 N–H and O–H groups in total. The fourth-order valence-corrected chi connectivity index (χ4v) is 5.27. The first-order valence-electron chi connectivity index (χ1n) is 12.8. The number of H-pyrrole nitrogens is 1. The SMILES string of the molecule is COc1ccc(N2C(=O)C(=O)/C(=C(/O)c3cc(C(C)(C)C)ccc3OC)C2c2c(C)[nH]c3ccccc23)cc1. The molecule has 0 bridgehead atoms. The number of ketones is 1. The molecular formula is C32H32N2O5. The third kappa shape index (κ3) is 4.34. The maximum atomic E-state index is 13.8. The molecule has 1 saturated heterocycles. The van der Waals surface area contributed by atoms with Gasteiger partial charge in [0.05, 0.1) is 31.4 Å². The number of aliphatic hydroxyl groups is 1. The molecule has 1 aliphatic heterocycles. The Morgan fingerprint density at radius 3 is 2.28 bits per heavy atom. The van der Waals surface area contributed by atoms with E-state index in [1.165, 1.54) is 12.0 Å². The van der Waals surface area contributed by atoms with Crippen LogP contribution in [0.15, 0.2) is 72.3 Å². The molecule has 2 heterocycles.